The molecule has 0 aliphatic carbocycles. The summed E-state index contributed by atoms with van der Waals surface area (Å²) in [5, 5.41) is 3.39. The smallest absolute Gasteiger partial charge is 0.150 e. The second-order valence-corrected chi connectivity index (χ2v) is 6.13. The van der Waals surface area contributed by atoms with Gasteiger partial charge in [-0.05, 0) is 36.6 Å². The number of thiazole rings is 1. The van der Waals surface area contributed by atoms with Gasteiger partial charge in [0.05, 0.1) is 22.5 Å². The molecule has 0 unspecified atom stereocenters. The predicted octanol–water partition coefficient (Wildman–Crippen LogP) is 4.03. The number of hydrogen-bond acceptors (Lipinski definition) is 5. The van der Waals surface area contributed by atoms with Gasteiger partial charge >= 0.3 is 0 Å². The van der Waals surface area contributed by atoms with Gasteiger partial charge in [-0.3, -0.25) is 4.98 Å². The van der Waals surface area contributed by atoms with E-state index in [2.05, 4.69) is 39.7 Å². The van der Waals surface area contributed by atoms with E-state index in [9.17, 15) is 0 Å². The molecule has 1 aromatic carbocycles. The summed E-state index contributed by atoms with van der Waals surface area (Å²) in [7, 11) is 0. The van der Waals surface area contributed by atoms with Crippen molar-refractivity contribution in [3.8, 4) is 0 Å². The summed E-state index contributed by atoms with van der Waals surface area (Å²) in [4.78, 5) is 8.83. The zero-order chi connectivity index (χ0) is 13.1. The maximum Gasteiger partial charge on any atom is 0.150 e. The second kappa shape index (κ2) is 5.59. The minimum absolute atomic E-state index is 0.737. The molecular weight excluding hydrogens is 274 g/mol. The van der Waals surface area contributed by atoms with Crippen LogP contribution in [0.2, 0.25) is 0 Å². The van der Waals surface area contributed by atoms with E-state index >= 15 is 0 Å². The Morgan fingerprint density at radius 3 is 3.00 bits per heavy atom. The van der Waals surface area contributed by atoms with Crippen LogP contribution in [0.3, 0.4) is 0 Å². The molecule has 0 radical (unpaired) electrons. The molecule has 3 aromatic rings. The van der Waals surface area contributed by atoms with E-state index in [-0.39, 0.29) is 0 Å². The minimum atomic E-state index is 0.737. The maximum absolute atomic E-state index is 4.53. The van der Waals surface area contributed by atoms with E-state index in [1.165, 1.54) is 4.70 Å². The lowest BCUT2D eigenvalue weighted by atomic mass is 10.3. The molecule has 2 heterocycles. The molecule has 0 spiro atoms. The van der Waals surface area contributed by atoms with Gasteiger partial charge in [-0.25, -0.2) is 4.98 Å². The van der Waals surface area contributed by atoms with Crippen LogP contribution >= 0.6 is 23.1 Å². The molecule has 0 aliphatic rings. The SMILES string of the molecule is CSc1nc2ccc(NCc3ccccn3)cc2s1. The number of benzene rings is 1. The number of pyridine rings is 1. The van der Waals surface area contributed by atoms with E-state index in [0.717, 1.165) is 27.8 Å². The predicted molar refractivity (Wildman–Crippen MR) is 83.0 cm³/mol. The molecule has 2 aromatic heterocycles. The lowest BCUT2D eigenvalue weighted by molar-refractivity contribution is 1.05. The first kappa shape index (κ1) is 12.4. The van der Waals surface area contributed by atoms with Gasteiger partial charge in [-0.2, -0.15) is 0 Å². The zero-order valence-corrected chi connectivity index (χ0v) is 12.1. The van der Waals surface area contributed by atoms with Gasteiger partial charge in [-0.1, -0.05) is 17.8 Å². The van der Waals surface area contributed by atoms with E-state index in [4.69, 9.17) is 0 Å². The summed E-state index contributed by atoms with van der Waals surface area (Å²) >= 11 is 3.42. The van der Waals surface area contributed by atoms with Crippen molar-refractivity contribution < 1.29 is 0 Å². The lowest BCUT2D eigenvalue weighted by Crippen LogP contribution is -2.00. The highest BCUT2D eigenvalue weighted by Gasteiger charge is 2.03. The van der Waals surface area contributed by atoms with Gasteiger partial charge in [0.15, 0.2) is 4.34 Å². The first-order valence-corrected chi connectivity index (χ1v) is 7.97. The molecule has 0 atom stereocenters. The average molecular weight is 287 g/mol. The molecule has 96 valence electrons. The van der Waals surface area contributed by atoms with Gasteiger partial charge in [0.1, 0.15) is 0 Å². The van der Waals surface area contributed by atoms with E-state index in [1.807, 2.05) is 24.4 Å². The summed E-state index contributed by atoms with van der Waals surface area (Å²) < 4.78 is 2.33. The Labute approximate surface area is 120 Å². The van der Waals surface area contributed by atoms with E-state index in [0.29, 0.717) is 0 Å². The molecule has 0 saturated heterocycles. The van der Waals surface area contributed by atoms with Gasteiger partial charge in [-0.15, -0.1) is 11.3 Å². The number of rotatable bonds is 4. The van der Waals surface area contributed by atoms with Crippen molar-refractivity contribution in [2.24, 2.45) is 0 Å². The second-order valence-electron chi connectivity index (χ2n) is 4.04. The van der Waals surface area contributed by atoms with Gasteiger partial charge < -0.3 is 5.32 Å². The summed E-state index contributed by atoms with van der Waals surface area (Å²) in [6, 6.07) is 12.2. The highest BCUT2D eigenvalue weighted by molar-refractivity contribution is 8.00. The molecule has 5 heteroatoms. The Morgan fingerprint density at radius 1 is 1.26 bits per heavy atom. The van der Waals surface area contributed by atoms with Crippen molar-refractivity contribution in [2.45, 2.75) is 10.9 Å². The van der Waals surface area contributed by atoms with Crippen molar-refractivity contribution in [1.29, 1.82) is 0 Å². The molecule has 0 saturated carbocycles. The molecule has 0 amide bonds. The van der Waals surface area contributed by atoms with Crippen molar-refractivity contribution in [3.63, 3.8) is 0 Å². The number of anilines is 1. The van der Waals surface area contributed by atoms with Crippen molar-refractivity contribution in [3.05, 3.63) is 48.3 Å². The quantitative estimate of drug-likeness (QED) is 0.735. The Hall–Kier alpha value is -1.59. The average Bonchev–Trinajstić information content (AvgIpc) is 2.88. The number of nitrogens with one attached hydrogen (secondary N) is 1. The third-order valence-electron chi connectivity index (χ3n) is 2.74. The van der Waals surface area contributed by atoms with Crippen LogP contribution in [0.4, 0.5) is 5.69 Å². The monoisotopic (exact) mass is 287 g/mol. The Kier molecular flexibility index (Phi) is 3.66. The topological polar surface area (TPSA) is 37.8 Å². The van der Waals surface area contributed by atoms with Crippen LogP contribution < -0.4 is 5.32 Å². The van der Waals surface area contributed by atoms with Crippen LogP contribution in [0, 0.1) is 0 Å². The fourth-order valence-electron chi connectivity index (χ4n) is 1.80. The molecule has 19 heavy (non-hydrogen) atoms. The number of fused-ring (bicyclic) bond motifs is 1. The molecule has 0 fully saturated rings. The number of aromatic nitrogens is 2. The summed E-state index contributed by atoms with van der Waals surface area (Å²) in [5.74, 6) is 0. The third-order valence-corrected chi connectivity index (χ3v) is 4.75. The molecular formula is C14H13N3S2. The molecule has 3 nitrogen and oxygen atoms in total. The Morgan fingerprint density at radius 2 is 2.21 bits per heavy atom. The van der Waals surface area contributed by atoms with Crippen LogP contribution in [0.25, 0.3) is 10.2 Å². The molecule has 3 rings (SSSR count). The third kappa shape index (κ3) is 2.88. The van der Waals surface area contributed by atoms with Crippen molar-refractivity contribution >= 4 is 39.0 Å². The number of hydrogen-bond donors (Lipinski definition) is 1. The minimum Gasteiger partial charge on any atom is -0.379 e. The van der Waals surface area contributed by atoms with E-state index in [1.54, 1.807) is 23.1 Å². The van der Waals surface area contributed by atoms with E-state index < -0.39 is 0 Å². The largest absolute Gasteiger partial charge is 0.379 e. The fourth-order valence-corrected chi connectivity index (χ4v) is 3.32. The van der Waals surface area contributed by atoms with Crippen LogP contribution in [0.5, 0.6) is 0 Å². The Bertz CT molecular complexity index is 679. The van der Waals surface area contributed by atoms with Crippen LogP contribution in [-0.2, 0) is 6.54 Å². The van der Waals surface area contributed by atoms with Gasteiger partial charge in [0, 0.05) is 11.9 Å². The summed E-state index contributed by atoms with van der Waals surface area (Å²) in [6.07, 6.45) is 3.87. The first-order valence-electron chi connectivity index (χ1n) is 5.93. The van der Waals surface area contributed by atoms with Crippen LogP contribution in [-0.4, -0.2) is 16.2 Å². The number of nitrogens with zero attached hydrogens (tertiary/aromatic N) is 2. The lowest BCUT2D eigenvalue weighted by Gasteiger charge is -2.05. The first-order chi connectivity index (χ1) is 9.35. The normalized spacial score (nSPS) is 10.8. The van der Waals surface area contributed by atoms with Gasteiger partial charge in [0.2, 0.25) is 0 Å². The van der Waals surface area contributed by atoms with Gasteiger partial charge in [0.25, 0.3) is 0 Å². The Balaban J connectivity index is 1.78. The van der Waals surface area contributed by atoms with Crippen molar-refractivity contribution in [1.82, 2.24) is 9.97 Å². The summed E-state index contributed by atoms with van der Waals surface area (Å²) in [5.41, 5.74) is 3.21. The van der Waals surface area contributed by atoms with Crippen LogP contribution in [0.1, 0.15) is 5.69 Å². The molecule has 0 aliphatic heterocycles. The van der Waals surface area contributed by atoms with Crippen LogP contribution in [0.15, 0.2) is 46.9 Å². The maximum atomic E-state index is 4.53. The zero-order valence-electron chi connectivity index (χ0n) is 10.5. The van der Waals surface area contributed by atoms with Crippen molar-refractivity contribution in [2.75, 3.05) is 11.6 Å². The molecule has 0 bridgehead atoms. The molecule has 1 N–H and O–H groups in total. The standard InChI is InChI=1S/C14H13N3S2/c1-18-14-17-12-6-5-10(8-13(12)19-14)16-9-11-4-2-3-7-15-11/h2-8,16H,9H2,1H3. The summed E-state index contributed by atoms with van der Waals surface area (Å²) in [6.45, 7) is 0.737. The number of thioether (sulfide) groups is 1. The highest BCUT2D eigenvalue weighted by Crippen LogP contribution is 2.29. The highest BCUT2D eigenvalue weighted by atomic mass is 32.2. The fraction of sp³-hybridized carbons (Fsp3) is 0.143.